The minimum absolute atomic E-state index is 0.0825. The molecule has 7 aromatic rings. The second kappa shape index (κ2) is 8.00. The maximum atomic E-state index is 16.1. The molecule has 0 aromatic carbocycles. The van der Waals surface area contributed by atoms with E-state index in [-0.39, 0.29) is 22.7 Å². The number of carbonyl (C=O) groups is 1. The van der Waals surface area contributed by atoms with Crippen molar-refractivity contribution < 1.29 is 9.18 Å². The molecule has 0 atom stereocenters. The first-order valence-electron chi connectivity index (χ1n) is 11.7. The van der Waals surface area contributed by atoms with Gasteiger partial charge >= 0.3 is 0 Å². The van der Waals surface area contributed by atoms with Crippen molar-refractivity contribution in [2.75, 3.05) is 0 Å². The number of halogens is 1. The Balaban J connectivity index is 1.76. The van der Waals surface area contributed by atoms with Crippen molar-refractivity contribution in [3.63, 3.8) is 0 Å². The number of hydrogen-bond acceptors (Lipinski definition) is 7. The predicted octanol–water partition coefficient (Wildman–Crippen LogP) is 6.05. The summed E-state index contributed by atoms with van der Waals surface area (Å²) < 4.78 is 18.6. The van der Waals surface area contributed by atoms with Crippen LogP contribution in [0.4, 0.5) is 4.39 Å². The zero-order chi connectivity index (χ0) is 25.3. The lowest BCUT2D eigenvalue weighted by Gasteiger charge is -2.09. The average molecular weight is 511 g/mol. The van der Waals surface area contributed by atoms with Gasteiger partial charge in [0.25, 0.3) is 0 Å². The van der Waals surface area contributed by atoms with Gasteiger partial charge in [-0.25, -0.2) is 9.37 Å². The first-order chi connectivity index (χ1) is 18.0. The van der Waals surface area contributed by atoms with Gasteiger partial charge < -0.3 is 4.98 Å². The largest absolute Gasteiger partial charge is 0.336 e. The molecule has 0 fully saturated rings. The quantitative estimate of drug-likeness (QED) is 0.292. The topological polar surface area (TPSA) is 118 Å². The molecule has 7 aromatic heterocycles. The highest BCUT2D eigenvalue weighted by atomic mass is 32.1. The molecule has 0 aliphatic carbocycles. The molecule has 2 N–H and O–H groups in total. The van der Waals surface area contributed by atoms with Crippen molar-refractivity contribution >= 4 is 81.8 Å². The van der Waals surface area contributed by atoms with Gasteiger partial charge in [-0.3, -0.25) is 29.4 Å². The van der Waals surface area contributed by atoms with E-state index in [1.807, 2.05) is 32.0 Å². The molecule has 7 heterocycles. The molecule has 0 amide bonds. The van der Waals surface area contributed by atoms with Gasteiger partial charge in [-0.05, 0) is 30.2 Å². The molecule has 182 valence electrons. The standard InChI is InChI=1S/C26H19FN8OS/c1-12(2)7-18(36)35-14-8-13(9-28-10-14)22-21(27)20-16(11-30-22)33-34-25(20)26-31-15-5-6-29-24(23(15)32-26)17-3-4-19(35)37-17/h3-6,8-12H,7H2,1-2H3,(H,31,32)(H,33,34). The van der Waals surface area contributed by atoms with E-state index >= 15 is 4.39 Å². The second-order valence-electron chi connectivity index (χ2n) is 9.32. The van der Waals surface area contributed by atoms with Crippen molar-refractivity contribution in [2.45, 2.75) is 20.3 Å². The van der Waals surface area contributed by atoms with Gasteiger partial charge in [0.05, 0.1) is 39.0 Å². The highest BCUT2D eigenvalue weighted by molar-refractivity contribution is 7.24. The molecular weight excluding hydrogens is 491 g/mol. The predicted molar refractivity (Wildman–Crippen MR) is 143 cm³/mol. The van der Waals surface area contributed by atoms with Crippen LogP contribution in [-0.4, -0.2) is 45.6 Å². The van der Waals surface area contributed by atoms with E-state index in [9.17, 15) is 4.79 Å². The van der Waals surface area contributed by atoms with Gasteiger partial charge in [-0.1, -0.05) is 13.8 Å². The number of rotatable bonds is 2. The van der Waals surface area contributed by atoms with Crippen molar-refractivity contribution in [3.8, 4) is 0 Å². The molecule has 0 radical (unpaired) electrons. The lowest BCUT2D eigenvalue weighted by molar-refractivity contribution is 0.0897. The summed E-state index contributed by atoms with van der Waals surface area (Å²) in [7, 11) is 0. The number of H-pyrrole nitrogens is 2. The number of aromatic amines is 2. The SMILES string of the molecule is CC(C)CC(=O)n1c2cncc(c2)c2ncc3[nH]nc(c4nc5c(ccnc5c5ccc1s5)[nH]4)c3c2F. The fourth-order valence-corrected chi connectivity index (χ4v) is 5.71. The molecule has 0 aliphatic rings. The molecule has 11 heteroatoms. The Labute approximate surface area is 211 Å². The first kappa shape index (κ1) is 21.7. The smallest absolute Gasteiger partial charge is 0.232 e. The molecule has 37 heavy (non-hydrogen) atoms. The molecule has 0 aliphatic heterocycles. The van der Waals surface area contributed by atoms with Crippen LogP contribution in [0, 0.1) is 11.7 Å². The Hall–Kier alpha value is -4.51. The fourth-order valence-electron chi connectivity index (χ4n) is 4.67. The van der Waals surface area contributed by atoms with Crippen LogP contribution in [0.3, 0.4) is 0 Å². The summed E-state index contributed by atoms with van der Waals surface area (Å²) in [5.74, 6) is -0.480. The van der Waals surface area contributed by atoms with Crippen molar-refractivity contribution in [3.05, 3.63) is 54.9 Å². The van der Waals surface area contributed by atoms with Gasteiger partial charge in [0.15, 0.2) is 11.5 Å². The van der Waals surface area contributed by atoms with Gasteiger partial charge in [0.2, 0.25) is 5.91 Å². The molecule has 0 spiro atoms. The highest BCUT2D eigenvalue weighted by Crippen LogP contribution is 2.31. The van der Waals surface area contributed by atoms with Crippen LogP contribution >= 0.6 is 11.3 Å². The Morgan fingerprint density at radius 1 is 1.05 bits per heavy atom. The van der Waals surface area contributed by atoms with Crippen LogP contribution < -0.4 is 0 Å². The Kier molecular flexibility index (Phi) is 4.70. The Morgan fingerprint density at radius 2 is 1.95 bits per heavy atom. The number of nitrogens with zero attached hydrogens (tertiary/aromatic N) is 6. The zero-order valence-electron chi connectivity index (χ0n) is 19.8. The fraction of sp³-hybridized carbons (Fsp3) is 0.154. The lowest BCUT2D eigenvalue weighted by atomic mass is 10.1. The third kappa shape index (κ3) is 3.34. The number of fused-ring (bicyclic) bond motifs is 9. The number of carbonyl (C=O) groups excluding carboxylic acids is 1. The van der Waals surface area contributed by atoms with Crippen LogP contribution in [-0.2, 0) is 0 Å². The third-order valence-corrected chi connectivity index (χ3v) is 7.38. The maximum absolute atomic E-state index is 16.1. The minimum Gasteiger partial charge on any atom is -0.336 e. The summed E-state index contributed by atoms with van der Waals surface area (Å²) in [6.07, 6.45) is 6.73. The van der Waals surface area contributed by atoms with E-state index < -0.39 is 5.82 Å². The van der Waals surface area contributed by atoms with Crippen LogP contribution in [0.2, 0.25) is 0 Å². The van der Waals surface area contributed by atoms with E-state index in [2.05, 4.69) is 30.1 Å². The second-order valence-corrected chi connectivity index (χ2v) is 10.4. The van der Waals surface area contributed by atoms with E-state index in [4.69, 9.17) is 4.98 Å². The number of pyridine rings is 3. The first-order valence-corrected chi connectivity index (χ1v) is 12.6. The van der Waals surface area contributed by atoms with Crippen molar-refractivity contribution in [2.24, 2.45) is 5.92 Å². The van der Waals surface area contributed by atoms with Gasteiger partial charge in [-0.2, -0.15) is 5.10 Å². The lowest BCUT2D eigenvalue weighted by Crippen LogP contribution is -2.13. The van der Waals surface area contributed by atoms with Crippen LogP contribution in [0.15, 0.2) is 49.1 Å². The molecule has 0 saturated carbocycles. The number of thiophene rings is 1. The molecule has 7 rings (SSSR count). The van der Waals surface area contributed by atoms with Gasteiger partial charge in [0, 0.05) is 24.2 Å². The maximum Gasteiger partial charge on any atom is 0.232 e. The number of imidazole rings is 1. The molecule has 9 nitrogen and oxygen atoms in total. The minimum atomic E-state index is -0.549. The van der Waals surface area contributed by atoms with Gasteiger partial charge in [0.1, 0.15) is 26.9 Å². The number of hydrogen-bond donors (Lipinski definition) is 2. The molecule has 0 saturated heterocycles. The summed E-state index contributed by atoms with van der Waals surface area (Å²) in [5.41, 5.74) is 3.89. The molecule has 8 bridgehead atoms. The highest BCUT2D eigenvalue weighted by Gasteiger charge is 2.17. The number of nitrogens with one attached hydrogen (secondary N) is 2. The Morgan fingerprint density at radius 3 is 2.81 bits per heavy atom. The van der Waals surface area contributed by atoms with Gasteiger partial charge in [-0.15, -0.1) is 11.3 Å². The van der Waals surface area contributed by atoms with E-state index in [0.29, 0.717) is 49.9 Å². The van der Waals surface area contributed by atoms with E-state index in [1.165, 1.54) is 17.5 Å². The van der Waals surface area contributed by atoms with Crippen LogP contribution in [0.25, 0.3) is 64.6 Å². The van der Waals surface area contributed by atoms with Crippen LogP contribution in [0.5, 0.6) is 0 Å². The summed E-state index contributed by atoms with van der Waals surface area (Å²) >= 11 is 1.43. The monoisotopic (exact) mass is 510 g/mol. The summed E-state index contributed by atoms with van der Waals surface area (Å²) in [5, 5.41) is 7.93. The normalized spacial score (nSPS) is 12.1. The van der Waals surface area contributed by atoms with Crippen molar-refractivity contribution in [1.29, 1.82) is 0 Å². The van der Waals surface area contributed by atoms with E-state index in [1.54, 1.807) is 29.2 Å². The van der Waals surface area contributed by atoms with E-state index in [0.717, 1.165) is 10.2 Å². The van der Waals surface area contributed by atoms with Crippen molar-refractivity contribution in [1.82, 2.24) is 39.7 Å². The average Bonchev–Trinajstić information content (AvgIpc) is 3.61. The number of aromatic nitrogens is 8. The summed E-state index contributed by atoms with van der Waals surface area (Å²) in [6.45, 7) is 3.99. The molecule has 0 unspecified atom stereocenters. The van der Waals surface area contributed by atoms with Crippen LogP contribution in [0.1, 0.15) is 25.1 Å². The summed E-state index contributed by atoms with van der Waals surface area (Å²) in [6, 6.07) is 7.39. The Bertz CT molecular complexity index is 2100. The molecular formula is C26H19FN8OS. The third-order valence-electron chi connectivity index (χ3n) is 6.30. The summed E-state index contributed by atoms with van der Waals surface area (Å²) in [4.78, 5) is 35.6. The zero-order valence-corrected chi connectivity index (χ0v) is 20.6.